The Bertz CT molecular complexity index is 3630. The summed E-state index contributed by atoms with van der Waals surface area (Å²) in [5.74, 6) is -6.90. The van der Waals surface area contributed by atoms with Gasteiger partial charge in [-0.15, -0.1) is 0 Å². The second kappa shape index (κ2) is 33.9. The molecule has 0 bridgehead atoms. The number of esters is 1. The molecule has 0 saturated carbocycles. The van der Waals surface area contributed by atoms with Gasteiger partial charge in [-0.1, -0.05) is 36.4 Å². The van der Waals surface area contributed by atoms with Crippen LogP contribution in [0.15, 0.2) is 91.1 Å². The number of nitrogens with one attached hydrogen (secondary N) is 7. The van der Waals surface area contributed by atoms with Crippen LogP contribution >= 0.6 is 0 Å². The summed E-state index contributed by atoms with van der Waals surface area (Å²) in [7, 11) is 8.97. The SMILES string of the molecule is COCCCN(CC(=O)N(CCCN(C)C)CC(N)=O)C(=O)CN(CCCN(C)C)C(=O)CNC(=O)CCC(=O)Nc1ccc2c(c1)Oc1cc(NC(=O)[C@H](Cc3c[nH]c4ccccc34)NC(=O)CNC(=O)C(NC(=O)[C@H](C)N)C(C)O)ccc1C21OC(=O)c2ccccc21. The predicted octanol–water partition coefficient (Wildman–Crippen LogP) is 0.477. The number of ether oxygens (including phenoxy) is 3. The summed E-state index contributed by atoms with van der Waals surface area (Å²) in [6.45, 7) is 2.38. The van der Waals surface area contributed by atoms with Gasteiger partial charge in [0.25, 0.3) is 0 Å². The van der Waals surface area contributed by atoms with E-state index in [9.17, 15) is 57.8 Å². The summed E-state index contributed by atoms with van der Waals surface area (Å²) in [5, 5.41) is 26.7. The van der Waals surface area contributed by atoms with Gasteiger partial charge in [0.15, 0.2) is 5.60 Å². The van der Waals surface area contributed by atoms with E-state index in [1.165, 1.54) is 47.8 Å². The Balaban J connectivity index is 1.03. The minimum atomic E-state index is -1.58. The fourth-order valence-corrected chi connectivity index (χ4v) is 11.0. The second-order valence-corrected chi connectivity index (χ2v) is 23.9. The number of para-hydroxylation sites is 1. The van der Waals surface area contributed by atoms with E-state index in [0.29, 0.717) is 54.6 Å². The van der Waals surface area contributed by atoms with Gasteiger partial charge >= 0.3 is 5.97 Å². The molecule has 1 aromatic heterocycles. The molecule has 95 heavy (non-hydrogen) atoms. The van der Waals surface area contributed by atoms with Gasteiger partial charge in [0.1, 0.15) is 23.6 Å². The quantitative estimate of drug-likeness (QED) is 0.0195. The van der Waals surface area contributed by atoms with Gasteiger partial charge in [-0.3, -0.25) is 47.9 Å². The van der Waals surface area contributed by atoms with Crippen molar-refractivity contribution in [1.82, 2.24) is 50.8 Å². The Morgan fingerprint density at radius 3 is 1.82 bits per heavy atom. The predicted molar refractivity (Wildman–Crippen MR) is 350 cm³/mol. The Labute approximate surface area is 550 Å². The summed E-state index contributed by atoms with van der Waals surface area (Å²) in [5.41, 5.74) is 13.0. The third kappa shape index (κ3) is 19.6. The first-order valence-electron chi connectivity index (χ1n) is 31.2. The lowest BCUT2D eigenvalue weighted by Crippen LogP contribution is -2.57. The monoisotopic (exact) mass is 1310 g/mol. The summed E-state index contributed by atoms with van der Waals surface area (Å²) in [6.07, 6.45) is 1.06. The van der Waals surface area contributed by atoms with Crippen molar-refractivity contribution < 1.29 is 72.1 Å². The fraction of sp³-hybridized carbons (Fsp3) is 0.439. The zero-order valence-electron chi connectivity index (χ0n) is 54.5. The van der Waals surface area contributed by atoms with E-state index in [4.69, 9.17) is 25.7 Å². The van der Waals surface area contributed by atoms with Crippen LogP contribution < -0.4 is 48.1 Å². The molecular formula is C66H86N14O15. The first-order chi connectivity index (χ1) is 45.3. The Morgan fingerprint density at radius 2 is 1.21 bits per heavy atom. The molecule has 5 atom stereocenters. The number of rotatable bonds is 35. The molecule has 510 valence electrons. The number of nitrogens with zero attached hydrogens (tertiary/aromatic N) is 5. The van der Waals surface area contributed by atoms with Crippen LogP contribution in [0.4, 0.5) is 11.4 Å². The average molecular weight is 1320 g/mol. The van der Waals surface area contributed by atoms with E-state index in [-0.39, 0.29) is 87.0 Å². The number of aliphatic hydroxyl groups is 1. The number of benzene rings is 4. The molecule has 2 aliphatic heterocycles. The molecular weight excluding hydrogens is 1230 g/mol. The van der Waals surface area contributed by atoms with Gasteiger partial charge in [0.2, 0.25) is 59.1 Å². The number of nitrogens with two attached hydrogens (primary N) is 2. The third-order valence-electron chi connectivity index (χ3n) is 15.8. The van der Waals surface area contributed by atoms with Gasteiger partial charge in [0, 0.05) is 110 Å². The lowest BCUT2D eigenvalue weighted by atomic mass is 9.77. The highest BCUT2D eigenvalue weighted by Gasteiger charge is 2.53. The number of carbonyl (C=O) groups excluding carboxylic acids is 11. The van der Waals surface area contributed by atoms with Crippen molar-refractivity contribution in [3.63, 3.8) is 0 Å². The Kier molecular flexibility index (Phi) is 25.9. The number of aromatic amines is 1. The standard InChI is InChI=1S/C66H86N14O15/c1-40(67)62(89)75-61(41(2)81)64(91)71-35-57(85)74-51(31-42-34-69-50-18-11-9-15-45(42)50)63(90)73-44-20-22-49-53(33-44)94-52-32-43(19-21-48(52)66(49)47-17-10-8-16-46(47)65(92)95-66)72-56(84)24-23-55(83)70-36-58(86)79(28-13-26-77(5)6)38-60(88)80(29-14-30-93-7)39-59(87)78(37-54(68)82)27-12-25-76(3)4/h8-11,15-22,32-34,40-41,51,61,69,81H,12-14,23-31,35-39,67H2,1-7H3,(H2,68,82)(H,70,83)(H,71,91)(H,72,84)(H,73,90)(H,74,85)(H,75,89)/t40-,41?,51-,61?,66?/m0/s1. The van der Waals surface area contributed by atoms with Crippen molar-refractivity contribution in [2.45, 2.75) is 82.2 Å². The molecule has 0 saturated heterocycles. The van der Waals surface area contributed by atoms with Crippen molar-refractivity contribution in [3.8, 4) is 11.5 Å². The number of anilines is 2. The van der Waals surface area contributed by atoms with Gasteiger partial charge in [-0.25, -0.2) is 4.79 Å². The number of aromatic nitrogens is 1. The number of methoxy groups -OCH3 is 1. The van der Waals surface area contributed by atoms with Crippen molar-refractivity contribution >= 4 is 87.3 Å². The van der Waals surface area contributed by atoms with Crippen molar-refractivity contribution in [3.05, 3.63) is 119 Å². The first-order valence-corrected chi connectivity index (χ1v) is 31.2. The minimum Gasteiger partial charge on any atom is -0.456 e. The largest absolute Gasteiger partial charge is 0.456 e. The zero-order chi connectivity index (χ0) is 69.1. The molecule has 1 spiro atoms. The third-order valence-corrected chi connectivity index (χ3v) is 15.8. The number of H-pyrrole nitrogens is 1. The molecule has 4 aromatic carbocycles. The number of aliphatic hydroxyl groups excluding tert-OH is 1. The first kappa shape index (κ1) is 72.6. The summed E-state index contributed by atoms with van der Waals surface area (Å²) in [6, 6.07) is 19.9. The molecule has 0 aliphatic carbocycles. The van der Waals surface area contributed by atoms with Crippen LogP contribution in [-0.2, 0) is 69.4 Å². The molecule has 10 amide bonds. The van der Waals surface area contributed by atoms with Gasteiger partial charge in [-0.05, 0) is 116 Å². The highest BCUT2D eigenvalue weighted by molar-refractivity contribution is 6.01. The smallest absolute Gasteiger partial charge is 0.340 e. The number of carbonyl (C=O) groups is 11. The molecule has 7 rings (SSSR count). The number of primary amides is 1. The van der Waals surface area contributed by atoms with Gasteiger partial charge < -0.3 is 92.2 Å². The van der Waals surface area contributed by atoms with E-state index in [0.717, 1.165) is 10.9 Å². The summed E-state index contributed by atoms with van der Waals surface area (Å²) >= 11 is 0. The van der Waals surface area contributed by atoms with Crippen LogP contribution in [0.5, 0.6) is 11.5 Å². The number of fused-ring (bicyclic) bond motifs is 7. The zero-order valence-corrected chi connectivity index (χ0v) is 54.5. The maximum atomic E-state index is 14.5. The van der Waals surface area contributed by atoms with Crippen molar-refractivity contribution in [1.29, 1.82) is 0 Å². The normalized spacial score (nSPS) is 14.8. The number of hydrogen-bond donors (Lipinski definition) is 10. The second-order valence-electron chi connectivity index (χ2n) is 23.9. The van der Waals surface area contributed by atoms with E-state index in [1.807, 2.05) is 62.3 Å². The van der Waals surface area contributed by atoms with E-state index < -0.39 is 115 Å². The Morgan fingerprint density at radius 1 is 0.632 bits per heavy atom. The lowest BCUT2D eigenvalue weighted by Gasteiger charge is -2.37. The maximum Gasteiger partial charge on any atom is 0.340 e. The molecule has 29 heteroatoms. The number of hydrogen-bond acceptors (Lipinski definition) is 18. The highest BCUT2D eigenvalue weighted by atomic mass is 16.6. The molecule has 0 radical (unpaired) electrons. The number of amides is 10. The topological polar surface area (TPSA) is 392 Å². The average Bonchev–Trinajstić information content (AvgIpc) is 1.62. The van der Waals surface area contributed by atoms with Gasteiger partial charge in [-0.2, -0.15) is 0 Å². The summed E-state index contributed by atoms with van der Waals surface area (Å²) < 4.78 is 18.1. The molecule has 3 heterocycles. The van der Waals surface area contributed by atoms with Crippen LogP contribution in [0, 0.1) is 0 Å². The Hall–Kier alpha value is -9.81. The molecule has 29 nitrogen and oxygen atoms in total. The molecule has 5 aromatic rings. The molecule has 0 fully saturated rings. The van der Waals surface area contributed by atoms with Crippen LogP contribution in [-0.4, -0.2) is 231 Å². The molecule has 2 aliphatic rings. The van der Waals surface area contributed by atoms with Crippen LogP contribution in [0.3, 0.4) is 0 Å². The van der Waals surface area contributed by atoms with Crippen LogP contribution in [0.25, 0.3) is 10.9 Å². The summed E-state index contributed by atoms with van der Waals surface area (Å²) in [4.78, 5) is 158. The van der Waals surface area contributed by atoms with E-state index in [1.54, 1.807) is 54.7 Å². The van der Waals surface area contributed by atoms with Gasteiger partial charge in [0.05, 0.1) is 50.4 Å². The van der Waals surface area contributed by atoms with Crippen LogP contribution in [0.1, 0.15) is 78.6 Å². The van der Waals surface area contributed by atoms with Crippen molar-refractivity contribution in [2.24, 2.45) is 11.5 Å². The van der Waals surface area contributed by atoms with E-state index >= 15 is 0 Å². The lowest BCUT2D eigenvalue weighted by molar-refractivity contribution is -0.145. The van der Waals surface area contributed by atoms with Crippen molar-refractivity contribution in [2.75, 3.05) is 118 Å². The molecule has 3 unspecified atom stereocenters. The fourth-order valence-electron chi connectivity index (χ4n) is 11.0. The van der Waals surface area contributed by atoms with E-state index in [2.05, 4.69) is 36.9 Å². The van der Waals surface area contributed by atoms with Crippen LogP contribution in [0.2, 0.25) is 0 Å². The minimum absolute atomic E-state index is 0.0256. The maximum absolute atomic E-state index is 14.5. The highest BCUT2D eigenvalue weighted by Crippen LogP contribution is 2.57. The molecule has 12 N–H and O–H groups in total.